The van der Waals surface area contributed by atoms with Gasteiger partial charge in [-0.3, -0.25) is 0 Å². The van der Waals surface area contributed by atoms with Crippen molar-refractivity contribution >= 4 is 43.4 Å². The Morgan fingerprint density at radius 3 is 1.72 bits per heavy atom. The number of benzene rings is 7. The van der Waals surface area contributed by atoms with Crippen molar-refractivity contribution in [1.82, 2.24) is 4.57 Å². The van der Waals surface area contributed by atoms with Gasteiger partial charge in [-0.1, -0.05) is 121 Å². The lowest BCUT2D eigenvalue weighted by atomic mass is 9.94. The molecular weight excluding hydrogens is 470 g/mol. The molecule has 8 rings (SSSR count). The van der Waals surface area contributed by atoms with Crippen LogP contribution in [0.1, 0.15) is 0 Å². The SMILES string of the molecule is c1ccc(-c2cccc(-n3c4cc5ccccc5cc4c4cc5ccccc5c(-c5ccccc5)c43)c2)cc1. The average molecular weight is 496 g/mol. The van der Waals surface area contributed by atoms with Gasteiger partial charge in [-0.2, -0.15) is 0 Å². The number of aromatic nitrogens is 1. The Labute approximate surface area is 227 Å². The second-order valence-corrected chi connectivity index (χ2v) is 10.2. The van der Waals surface area contributed by atoms with Crippen molar-refractivity contribution in [3.05, 3.63) is 152 Å². The zero-order valence-electron chi connectivity index (χ0n) is 21.4. The van der Waals surface area contributed by atoms with Gasteiger partial charge in [-0.05, 0) is 68.6 Å². The fourth-order valence-electron chi connectivity index (χ4n) is 6.14. The third kappa shape index (κ3) is 3.48. The topological polar surface area (TPSA) is 4.93 Å². The molecule has 39 heavy (non-hydrogen) atoms. The van der Waals surface area contributed by atoms with Gasteiger partial charge in [-0.15, -0.1) is 0 Å². The van der Waals surface area contributed by atoms with E-state index >= 15 is 0 Å². The molecule has 0 N–H and O–H groups in total. The summed E-state index contributed by atoms with van der Waals surface area (Å²) in [4.78, 5) is 0. The molecule has 0 amide bonds. The lowest BCUT2D eigenvalue weighted by Gasteiger charge is -2.15. The van der Waals surface area contributed by atoms with Crippen molar-refractivity contribution in [2.45, 2.75) is 0 Å². The van der Waals surface area contributed by atoms with Crippen LogP contribution >= 0.6 is 0 Å². The van der Waals surface area contributed by atoms with Gasteiger partial charge in [-0.25, -0.2) is 0 Å². The molecule has 0 aliphatic carbocycles. The molecule has 0 aliphatic heterocycles. The van der Waals surface area contributed by atoms with E-state index in [0.717, 1.165) is 0 Å². The summed E-state index contributed by atoms with van der Waals surface area (Å²) >= 11 is 0. The van der Waals surface area contributed by atoms with Crippen LogP contribution in [0, 0.1) is 0 Å². The van der Waals surface area contributed by atoms with E-state index in [1.807, 2.05) is 0 Å². The summed E-state index contributed by atoms with van der Waals surface area (Å²) < 4.78 is 2.48. The van der Waals surface area contributed by atoms with E-state index < -0.39 is 0 Å². The van der Waals surface area contributed by atoms with Gasteiger partial charge in [0.05, 0.1) is 11.0 Å². The van der Waals surface area contributed by atoms with Crippen LogP contribution < -0.4 is 0 Å². The zero-order valence-corrected chi connectivity index (χ0v) is 21.4. The van der Waals surface area contributed by atoms with Crippen LogP contribution in [0.15, 0.2) is 152 Å². The van der Waals surface area contributed by atoms with Crippen molar-refractivity contribution in [3.63, 3.8) is 0 Å². The summed E-state index contributed by atoms with van der Waals surface area (Å²) in [7, 11) is 0. The molecule has 0 spiro atoms. The van der Waals surface area contributed by atoms with Gasteiger partial charge in [0.1, 0.15) is 0 Å². The number of nitrogens with zero attached hydrogens (tertiary/aromatic N) is 1. The van der Waals surface area contributed by atoms with Crippen LogP contribution in [0.2, 0.25) is 0 Å². The number of hydrogen-bond donors (Lipinski definition) is 0. The molecule has 0 saturated heterocycles. The molecule has 0 saturated carbocycles. The molecule has 0 unspecified atom stereocenters. The molecule has 1 nitrogen and oxygen atoms in total. The predicted molar refractivity (Wildman–Crippen MR) is 167 cm³/mol. The molecule has 1 aromatic heterocycles. The molecule has 0 bridgehead atoms. The Morgan fingerprint density at radius 2 is 0.949 bits per heavy atom. The number of rotatable bonds is 3. The van der Waals surface area contributed by atoms with Crippen LogP contribution in [0.5, 0.6) is 0 Å². The average Bonchev–Trinajstić information content (AvgIpc) is 3.32. The smallest absolute Gasteiger partial charge is 0.0625 e. The summed E-state index contributed by atoms with van der Waals surface area (Å²) in [6, 6.07) is 55.0. The Balaban J connectivity index is 1.59. The summed E-state index contributed by atoms with van der Waals surface area (Å²) in [6.45, 7) is 0. The monoisotopic (exact) mass is 495 g/mol. The molecule has 0 atom stereocenters. The maximum Gasteiger partial charge on any atom is 0.0625 e. The lowest BCUT2D eigenvalue weighted by Crippen LogP contribution is -1.97. The number of fused-ring (bicyclic) bond motifs is 5. The Hall–Kier alpha value is -5.14. The van der Waals surface area contributed by atoms with Crippen molar-refractivity contribution in [3.8, 4) is 27.9 Å². The second kappa shape index (κ2) is 8.72. The van der Waals surface area contributed by atoms with E-state index in [-0.39, 0.29) is 0 Å². The van der Waals surface area contributed by atoms with E-state index in [0.29, 0.717) is 0 Å². The van der Waals surface area contributed by atoms with Gasteiger partial charge in [0.2, 0.25) is 0 Å². The molecular formula is C38H25N. The maximum absolute atomic E-state index is 2.48. The lowest BCUT2D eigenvalue weighted by molar-refractivity contribution is 1.18. The highest BCUT2D eigenvalue weighted by atomic mass is 15.0. The maximum atomic E-state index is 2.48. The molecule has 182 valence electrons. The number of hydrogen-bond acceptors (Lipinski definition) is 0. The fourth-order valence-corrected chi connectivity index (χ4v) is 6.14. The third-order valence-electron chi connectivity index (χ3n) is 7.91. The Morgan fingerprint density at radius 1 is 0.359 bits per heavy atom. The first kappa shape index (κ1) is 21.9. The van der Waals surface area contributed by atoms with E-state index in [1.54, 1.807) is 0 Å². The molecule has 7 aromatic carbocycles. The summed E-state index contributed by atoms with van der Waals surface area (Å²) in [5.74, 6) is 0. The summed E-state index contributed by atoms with van der Waals surface area (Å²) in [6.07, 6.45) is 0. The van der Waals surface area contributed by atoms with Gasteiger partial charge >= 0.3 is 0 Å². The van der Waals surface area contributed by atoms with E-state index in [1.165, 1.54) is 71.3 Å². The summed E-state index contributed by atoms with van der Waals surface area (Å²) in [5, 5.41) is 7.59. The minimum atomic E-state index is 1.17. The predicted octanol–water partition coefficient (Wildman–Crippen LogP) is 10.4. The highest BCUT2D eigenvalue weighted by Crippen LogP contribution is 2.43. The largest absolute Gasteiger partial charge is 0.309 e. The van der Waals surface area contributed by atoms with E-state index in [4.69, 9.17) is 0 Å². The first-order chi connectivity index (χ1) is 19.3. The molecule has 0 fully saturated rings. The van der Waals surface area contributed by atoms with Crippen molar-refractivity contribution in [2.75, 3.05) is 0 Å². The fraction of sp³-hybridized carbons (Fsp3) is 0. The minimum absolute atomic E-state index is 1.17. The van der Waals surface area contributed by atoms with Gasteiger partial charge < -0.3 is 4.57 Å². The first-order valence-electron chi connectivity index (χ1n) is 13.5. The molecule has 1 heterocycles. The Bertz CT molecular complexity index is 2150. The molecule has 8 aromatic rings. The zero-order chi connectivity index (χ0) is 25.8. The van der Waals surface area contributed by atoms with Gasteiger partial charge in [0, 0.05) is 22.0 Å². The van der Waals surface area contributed by atoms with Crippen LogP contribution in [-0.4, -0.2) is 4.57 Å². The van der Waals surface area contributed by atoms with Crippen LogP contribution in [0.3, 0.4) is 0 Å². The third-order valence-corrected chi connectivity index (χ3v) is 7.91. The Kier molecular flexibility index (Phi) is 4.89. The van der Waals surface area contributed by atoms with E-state index in [9.17, 15) is 0 Å². The second-order valence-electron chi connectivity index (χ2n) is 10.2. The van der Waals surface area contributed by atoms with Crippen LogP contribution in [-0.2, 0) is 0 Å². The van der Waals surface area contributed by atoms with Gasteiger partial charge in [0.15, 0.2) is 0 Å². The highest BCUT2D eigenvalue weighted by molar-refractivity contribution is 6.22. The van der Waals surface area contributed by atoms with Crippen LogP contribution in [0.25, 0.3) is 71.3 Å². The van der Waals surface area contributed by atoms with Crippen molar-refractivity contribution in [2.24, 2.45) is 0 Å². The van der Waals surface area contributed by atoms with Crippen molar-refractivity contribution in [1.29, 1.82) is 0 Å². The molecule has 0 radical (unpaired) electrons. The molecule has 1 heteroatoms. The van der Waals surface area contributed by atoms with E-state index in [2.05, 4.69) is 156 Å². The quantitative estimate of drug-likeness (QED) is 0.230. The highest BCUT2D eigenvalue weighted by Gasteiger charge is 2.20. The van der Waals surface area contributed by atoms with Crippen LogP contribution in [0.4, 0.5) is 0 Å². The molecule has 0 aliphatic rings. The normalized spacial score (nSPS) is 11.6. The van der Waals surface area contributed by atoms with Gasteiger partial charge in [0.25, 0.3) is 0 Å². The summed E-state index contributed by atoms with van der Waals surface area (Å²) in [5.41, 5.74) is 8.57. The standard InChI is InChI=1S/C38H25N/c1-3-12-26(13-4-1)28-19-11-20-32(22-28)39-36-25-30-17-8-7-16-29(30)23-34(36)35-24-31-18-9-10-21-33(31)37(38(35)39)27-14-5-2-6-15-27/h1-25H. The van der Waals surface area contributed by atoms with Crippen molar-refractivity contribution < 1.29 is 0 Å². The minimum Gasteiger partial charge on any atom is -0.309 e. The first-order valence-corrected chi connectivity index (χ1v) is 13.5.